The molecule has 4 heteroatoms. The topological polar surface area (TPSA) is 61.2 Å². The molecule has 0 aromatic heterocycles. The van der Waals surface area contributed by atoms with Crippen molar-refractivity contribution in [1.82, 2.24) is 4.90 Å². The summed E-state index contributed by atoms with van der Waals surface area (Å²) < 4.78 is 0. The lowest BCUT2D eigenvalue weighted by Gasteiger charge is -2.31. The van der Waals surface area contributed by atoms with Crippen molar-refractivity contribution in [3.05, 3.63) is 107 Å². The summed E-state index contributed by atoms with van der Waals surface area (Å²) in [5.74, 6) is -0.683. The van der Waals surface area contributed by atoms with Gasteiger partial charge in [-0.1, -0.05) is 73.3 Å². The minimum Gasteiger partial charge on any atom is -0.274 e. The van der Waals surface area contributed by atoms with Gasteiger partial charge in [0, 0.05) is 6.54 Å². The van der Waals surface area contributed by atoms with Crippen LogP contribution in [0.3, 0.4) is 0 Å². The van der Waals surface area contributed by atoms with Crippen molar-refractivity contribution < 1.29 is 9.59 Å². The van der Waals surface area contributed by atoms with E-state index in [1.165, 1.54) is 11.0 Å². The van der Waals surface area contributed by atoms with Crippen LogP contribution in [0.1, 0.15) is 35.6 Å². The first-order chi connectivity index (χ1) is 15.1. The number of benzene rings is 2. The standard InChI is InChI=1S/C27H24N2O2/c1-3-9-22-21(4-2)25(30)29(26(22)31)17-16-27(18-28)23-12-7-5-10-19(23)14-15-20-11-6-8-13-24(20)27/h3-13H,2,14-17H2,1H3/b9-3-. The van der Waals surface area contributed by atoms with Crippen LogP contribution in [0.5, 0.6) is 0 Å². The SMILES string of the molecule is C=CC1=C(/C=C\C)C(=O)N(CCC2(C#N)c3ccccc3CCc3ccccc32)C1=O. The van der Waals surface area contributed by atoms with Gasteiger partial charge in [0.25, 0.3) is 11.8 Å². The van der Waals surface area contributed by atoms with Crippen LogP contribution in [0.15, 0.2) is 84.5 Å². The number of fused-ring (bicyclic) bond motifs is 2. The maximum absolute atomic E-state index is 13.0. The Labute approximate surface area is 182 Å². The molecule has 0 unspecified atom stereocenters. The van der Waals surface area contributed by atoms with Crippen molar-refractivity contribution in [2.75, 3.05) is 6.54 Å². The molecule has 0 spiro atoms. The van der Waals surface area contributed by atoms with Crippen LogP contribution >= 0.6 is 0 Å². The summed E-state index contributed by atoms with van der Waals surface area (Å²) in [6, 6.07) is 18.6. The van der Waals surface area contributed by atoms with Crippen molar-refractivity contribution in [2.24, 2.45) is 0 Å². The van der Waals surface area contributed by atoms with E-state index >= 15 is 0 Å². The molecule has 0 radical (unpaired) electrons. The van der Waals surface area contributed by atoms with Crippen LogP contribution in [0.4, 0.5) is 0 Å². The van der Waals surface area contributed by atoms with Gasteiger partial charge in [-0.2, -0.15) is 5.26 Å². The Balaban J connectivity index is 1.76. The van der Waals surface area contributed by atoms with Crippen LogP contribution in [-0.2, 0) is 27.8 Å². The number of carbonyl (C=O) groups is 2. The van der Waals surface area contributed by atoms with E-state index in [0.29, 0.717) is 17.6 Å². The van der Waals surface area contributed by atoms with Crippen LogP contribution < -0.4 is 0 Å². The number of hydrogen-bond acceptors (Lipinski definition) is 3. The maximum atomic E-state index is 13.0. The van der Waals surface area contributed by atoms with E-state index in [0.717, 1.165) is 35.1 Å². The summed E-state index contributed by atoms with van der Waals surface area (Å²) >= 11 is 0. The molecule has 1 heterocycles. The molecule has 0 saturated heterocycles. The summed E-state index contributed by atoms with van der Waals surface area (Å²) in [6.45, 7) is 5.67. The van der Waals surface area contributed by atoms with Gasteiger partial charge < -0.3 is 0 Å². The van der Waals surface area contributed by atoms with Gasteiger partial charge in [0.15, 0.2) is 0 Å². The number of nitriles is 1. The summed E-state index contributed by atoms with van der Waals surface area (Å²) in [4.78, 5) is 27.1. The van der Waals surface area contributed by atoms with Gasteiger partial charge in [0.1, 0.15) is 5.41 Å². The van der Waals surface area contributed by atoms with Crippen molar-refractivity contribution in [2.45, 2.75) is 31.6 Å². The second-order valence-electron chi connectivity index (χ2n) is 7.87. The molecule has 2 aliphatic rings. The van der Waals surface area contributed by atoms with Crippen LogP contribution in [-0.4, -0.2) is 23.3 Å². The highest BCUT2D eigenvalue weighted by atomic mass is 16.2. The second kappa shape index (κ2) is 8.20. The Morgan fingerprint density at radius 2 is 1.55 bits per heavy atom. The second-order valence-corrected chi connectivity index (χ2v) is 7.87. The normalized spacial score (nSPS) is 17.4. The Morgan fingerprint density at radius 3 is 2.06 bits per heavy atom. The fourth-order valence-electron chi connectivity index (χ4n) is 4.79. The Bertz CT molecular complexity index is 1130. The van der Waals surface area contributed by atoms with Crippen LogP contribution in [0, 0.1) is 11.3 Å². The van der Waals surface area contributed by atoms with Crippen LogP contribution in [0.2, 0.25) is 0 Å². The number of hydrogen-bond donors (Lipinski definition) is 0. The number of allylic oxidation sites excluding steroid dienone is 1. The van der Waals surface area contributed by atoms with Gasteiger partial charge in [0.2, 0.25) is 0 Å². The van der Waals surface area contributed by atoms with E-state index in [9.17, 15) is 14.9 Å². The number of rotatable bonds is 5. The molecule has 2 aromatic carbocycles. The third kappa shape index (κ3) is 3.23. The summed E-state index contributed by atoms with van der Waals surface area (Å²) in [6.07, 6.45) is 6.86. The quantitative estimate of drug-likeness (QED) is 0.689. The molecule has 4 nitrogen and oxygen atoms in total. The minimum absolute atomic E-state index is 0.159. The molecule has 2 aromatic rings. The molecule has 31 heavy (non-hydrogen) atoms. The number of amides is 2. The molecule has 1 aliphatic carbocycles. The first-order valence-corrected chi connectivity index (χ1v) is 10.5. The maximum Gasteiger partial charge on any atom is 0.261 e. The zero-order valence-electron chi connectivity index (χ0n) is 17.6. The van der Waals surface area contributed by atoms with Crippen molar-refractivity contribution in [3.63, 3.8) is 0 Å². The zero-order valence-corrected chi connectivity index (χ0v) is 17.6. The highest BCUT2D eigenvalue weighted by Gasteiger charge is 2.42. The number of imide groups is 1. The average Bonchev–Trinajstić information content (AvgIpc) is 2.94. The van der Waals surface area contributed by atoms with E-state index in [4.69, 9.17) is 0 Å². The number of carbonyl (C=O) groups excluding carboxylic acids is 2. The summed E-state index contributed by atoms with van der Waals surface area (Å²) in [7, 11) is 0. The molecule has 1 aliphatic heterocycles. The predicted molar refractivity (Wildman–Crippen MR) is 120 cm³/mol. The predicted octanol–water partition coefficient (Wildman–Crippen LogP) is 4.41. The molecular formula is C27H24N2O2. The van der Waals surface area contributed by atoms with Gasteiger partial charge in [0.05, 0.1) is 17.2 Å². The van der Waals surface area contributed by atoms with Gasteiger partial charge in [-0.3, -0.25) is 14.5 Å². The van der Waals surface area contributed by atoms with E-state index in [1.54, 1.807) is 19.1 Å². The lowest BCUT2D eigenvalue weighted by molar-refractivity contribution is -0.137. The average molecular weight is 409 g/mol. The third-order valence-corrected chi connectivity index (χ3v) is 6.30. The molecule has 0 atom stereocenters. The van der Waals surface area contributed by atoms with Crippen LogP contribution in [0.25, 0.3) is 0 Å². The van der Waals surface area contributed by atoms with E-state index in [2.05, 4.69) is 24.8 Å². The highest BCUT2D eigenvalue weighted by Crippen LogP contribution is 2.42. The summed E-state index contributed by atoms with van der Waals surface area (Å²) in [5.41, 5.74) is 3.95. The fourth-order valence-corrected chi connectivity index (χ4v) is 4.79. The minimum atomic E-state index is -0.929. The number of nitrogens with zero attached hydrogens (tertiary/aromatic N) is 2. The third-order valence-electron chi connectivity index (χ3n) is 6.30. The fraction of sp³-hybridized carbons (Fsp3) is 0.222. The molecule has 4 rings (SSSR count). The van der Waals surface area contributed by atoms with E-state index in [-0.39, 0.29) is 18.4 Å². The Hall–Kier alpha value is -3.71. The first kappa shape index (κ1) is 20.6. The molecule has 0 bridgehead atoms. The zero-order chi connectivity index (χ0) is 22.0. The van der Waals surface area contributed by atoms with Gasteiger partial charge >= 0.3 is 0 Å². The van der Waals surface area contributed by atoms with Gasteiger partial charge in [-0.15, -0.1) is 0 Å². The van der Waals surface area contributed by atoms with E-state index in [1.807, 2.05) is 36.4 Å². The lowest BCUT2D eigenvalue weighted by atomic mass is 9.71. The smallest absolute Gasteiger partial charge is 0.261 e. The molecule has 0 fully saturated rings. The largest absolute Gasteiger partial charge is 0.274 e. The molecule has 0 saturated carbocycles. The molecule has 0 N–H and O–H groups in total. The Kier molecular flexibility index (Phi) is 5.44. The number of aryl methyl sites for hydroxylation is 2. The molecule has 2 amide bonds. The van der Waals surface area contributed by atoms with E-state index < -0.39 is 5.41 Å². The summed E-state index contributed by atoms with van der Waals surface area (Å²) in [5, 5.41) is 10.5. The highest BCUT2D eigenvalue weighted by molar-refractivity contribution is 6.21. The lowest BCUT2D eigenvalue weighted by Crippen LogP contribution is -2.38. The monoisotopic (exact) mass is 408 g/mol. The molecule has 154 valence electrons. The van der Waals surface area contributed by atoms with Crippen molar-refractivity contribution in [3.8, 4) is 6.07 Å². The van der Waals surface area contributed by atoms with Gasteiger partial charge in [-0.25, -0.2) is 0 Å². The Morgan fingerprint density at radius 1 is 1.00 bits per heavy atom. The van der Waals surface area contributed by atoms with Gasteiger partial charge in [-0.05, 0) is 48.4 Å². The molecular weight excluding hydrogens is 384 g/mol. The first-order valence-electron chi connectivity index (χ1n) is 10.5. The van der Waals surface area contributed by atoms with Crippen molar-refractivity contribution in [1.29, 1.82) is 5.26 Å². The van der Waals surface area contributed by atoms with Crippen molar-refractivity contribution >= 4 is 11.8 Å².